The second-order valence-electron chi connectivity index (χ2n) is 12.1. The van der Waals surface area contributed by atoms with Crippen LogP contribution in [0.2, 0.25) is 0 Å². The Hall–Kier alpha value is -4.27. The van der Waals surface area contributed by atoms with Crippen LogP contribution in [0.15, 0.2) is 85.0 Å². The molecule has 0 bridgehead atoms. The Morgan fingerprint density at radius 2 is 1.74 bits per heavy atom. The van der Waals surface area contributed by atoms with Crippen molar-refractivity contribution in [3.63, 3.8) is 0 Å². The molecule has 1 aromatic heterocycles. The summed E-state index contributed by atoms with van der Waals surface area (Å²) in [4.78, 5) is 20.1. The predicted molar refractivity (Wildman–Crippen MR) is 172 cm³/mol. The molecule has 242 valence electrons. The molecule has 1 amide bonds. The summed E-state index contributed by atoms with van der Waals surface area (Å²) in [6.07, 6.45) is -1.04. The van der Waals surface area contributed by atoms with Crippen LogP contribution >= 0.6 is 0 Å². The first-order valence-electron chi connectivity index (χ1n) is 15.5. The average Bonchev–Trinajstić information content (AvgIpc) is 3.41. The number of piperidine rings is 1. The number of para-hydroxylation sites is 2. The maximum atomic E-state index is 14.7. The van der Waals surface area contributed by atoms with Crippen LogP contribution in [0.3, 0.4) is 0 Å². The molecular formula is C37H38F5N3O. The maximum absolute atomic E-state index is 14.7. The lowest BCUT2D eigenvalue weighted by Crippen LogP contribution is -2.38. The topological polar surface area (TPSA) is 38.1 Å². The van der Waals surface area contributed by atoms with E-state index < -0.39 is 25.1 Å². The number of likely N-dealkylation sites (tertiary alicyclic amines) is 1. The SMILES string of the molecule is C=C(C/C=C(/c1cccc(C(C)(F)F)c1)c1ccc(C(=O)N2CCC(c3nc4ccccc4n3C(C)F)CC2)cc1C)CC(F)F. The second-order valence-corrected chi connectivity index (χ2v) is 12.1. The van der Waals surface area contributed by atoms with E-state index in [-0.39, 0.29) is 23.8 Å². The Balaban J connectivity index is 1.37. The monoisotopic (exact) mass is 635 g/mol. The van der Waals surface area contributed by atoms with Crippen LogP contribution in [0.1, 0.15) is 90.2 Å². The summed E-state index contributed by atoms with van der Waals surface area (Å²) < 4.78 is 70.6. The maximum Gasteiger partial charge on any atom is 0.270 e. The molecule has 0 saturated carbocycles. The van der Waals surface area contributed by atoms with Crippen molar-refractivity contribution in [1.29, 1.82) is 0 Å². The van der Waals surface area contributed by atoms with Crippen LogP contribution in [-0.4, -0.2) is 39.9 Å². The molecule has 1 fully saturated rings. The molecule has 4 nitrogen and oxygen atoms in total. The summed E-state index contributed by atoms with van der Waals surface area (Å²) in [6.45, 7) is 8.89. The predicted octanol–water partition coefficient (Wildman–Crippen LogP) is 10.00. The molecule has 1 unspecified atom stereocenters. The highest BCUT2D eigenvalue weighted by Crippen LogP contribution is 2.35. The standard InChI is InChI=1S/C37H38F5N3O/c1-23(20-34(39)40)12-14-31(27-8-7-9-29(22-27)37(4,41)42)30-15-13-28(21-24(30)2)36(46)44-18-16-26(17-19-44)35-43-32-10-5-6-11-33(32)45(35)25(3)38/h5-11,13-15,21-22,25-26,34H,1,12,16-20H2,2-4H3/b31-14-. The van der Waals surface area contributed by atoms with Gasteiger partial charge in [-0.05, 0) is 85.7 Å². The van der Waals surface area contributed by atoms with Gasteiger partial charge in [0, 0.05) is 43.5 Å². The molecule has 1 saturated heterocycles. The highest BCUT2D eigenvalue weighted by atomic mass is 19.3. The van der Waals surface area contributed by atoms with Crippen LogP contribution < -0.4 is 0 Å². The fraction of sp³-hybridized carbons (Fsp3) is 0.351. The van der Waals surface area contributed by atoms with Gasteiger partial charge in [-0.2, -0.15) is 0 Å². The third kappa shape index (κ3) is 7.24. The van der Waals surface area contributed by atoms with E-state index in [2.05, 4.69) is 6.58 Å². The van der Waals surface area contributed by atoms with E-state index >= 15 is 0 Å². The summed E-state index contributed by atoms with van der Waals surface area (Å²) >= 11 is 0. The summed E-state index contributed by atoms with van der Waals surface area (Å²) in [6, 6.07) is 18.7. The van der Waals surface area contributed by atoms with Crippen molar-refractivity contribution in [3.8, 4) is 0 Å². The summed E-state index contributed by atoms with van der Waals surface area (Å²) in [5.41, 5.74) is 4.72. The van der Waals surface area contributed by atoms with Crippen molar-refractivity contribution >= 4 is 22.5 Å². The van der Waals surface area contributed by atoms with E-state index in [0.717, 1.165) is 23.5 Å². The van der Waals surface area contributed by atoms with Gasteiger partial charge in [0.1, 0.15) is 5.82 Å². The molecule has 1 aliphatic heterocycles. The summed E-state index contributed by atoms with van der Waals surface area (Å²) in [7, 11) is 0. The van der Waals surface area contributed by atoms with Gasteiger partial charge in [0.15, 0.2) is 6.30 Å². The Bertz CT molecular complexity index is 1760. The highest BCUT2D eigenvalue weighted by molar-refractivity contribution is 5.95. The third-order valence-electron chi connectivity index (χ3n) is 8.61. The number of hydrogen-bond donors (Lipinski definition) is 0. The Morgan fingerprint density at radius 1 is 1.02 bits per heavy atom. The molecule has 46 heavy (non-hydrogen) atoms. The smallest absolute Gasteiger partial charge is 0.270 e. The van der Waals surface area contributed by atoms with E-state index in [9.17, 15) is 26.7 Å². The number of carbonyl (C=O) groups excluding carboxylic acids is 1. The van der Waals surface area contributed by atoms with Gasteiger partial charge in [0.25, 0.3) is 11.8 Å². The second kappa shape index (κ2) is 13.6. The van der Waals surface area contributed by atoms with E-state index in [1.807, 2.05) is 31.2 Å². The number of amides is 1. The number of alkyl halides is 5. The Labute approximate surface area is 266 Å². The van der Waals surface area contributed by atoms with Crippen LogP contribution in [-0.2, 0) is 5.92 Å². The van der Waals surface area contributed by atoms with Crippen molar-refractivity contribution in [1.82, 2.24) is 14.5 Å². The van der Waals surface area contributed by atoms with Gasteiger partial charge in [0.05, 0.1) is 11.0 Å². The molecule has 1 atom stereocenters. The molecule has 9 heteroatoms. The number of imidazole rings is 1. The average molecular weight is 636 g/mol. The fourth-order valence-corrected chi connectivity index (χ4v) is 6.24. The summed E-state index contributed by atoms with van der Waals surface area (Å²) in [5.74, 6) is -2.49. The van der Waals surface area contributed by atoms with E-state index in [4.69, 9.17) is 4.98 Å². The van der Waals surface area contributed by atoms with Gasteiger partial charge in [-0.15, -0.1) is 0 Å². The zero-order valence-corrected chi connectivity index (χ0v) is 26.2. The number of carbonyl (C=O) groups is 1. The van der Waals surface area contributed by atoms with Gasteiger partial charge in [-0.1, -0.05) is 54.6 Å². The molecular weight excluding hydrogens is 597 g/mol. The normalized spacial score (nSPS) is 15.5. The van der Waals surface area contributed by atoms with E-state index in [1.54, 1.807) is 45.9 Å². The van der Waals surface area contributed by atoms with E-state index in [1.165, 1.54) is 19.1 Å². The van der Waals surface area contributed by atoms with Crippen LogP contribution in [0.5, 0.6) is 0 Å². The first-order chi connectivity index (χ1) is 21.8. The zero-order chi connectivity index (χ0) is 33.2. The van der Waals surface area contributed by atoms with Gasteiger partial charge in [0.2, 0.25) is 6.43 Å². The van der Waals surface area contributed by atoms with Crippen molar-refractivity contribution in [3.05, 3.63) is 119 Å². The van der Waals surface area contributed by atoms with Gasteiger partial charge in [-0.25, -0.2) is 26.9 Å². The first-order valence-corrected chi connectivity index (χ1v) is 15.5. The minimum atomic E-state index is -3.06. The Kier molecular flexibility index (Phi) is 9.79. The minimum Gasteiger partial charge on any atom is -0.339 e. The van der Waals surface area contributed by atoms with E-state index in [0.29, 0.717) is 59.6 Å². The molecule has 0 spiro atoms. The van der Waals surface area contributed by atoms with Crippen LogP contribution in [0.4, 0.5) is 22.0 Å². The van der Waals surface area contributed by atoms with Crippen molar-refractivity contribution in [2.45, 2.75) is 71.0 Å². The lowest BCUT2D eigenvalue weighted by molar-refractivity contribution is 0.0174. The number of aromatic nitrogens is 2. The number of rotatable bonds is 10. The quantitative estimate of drug-likeness (QED) is 0.129. The minimum absolute atomic E-state index is 0.0116. The van der Waals surface area contributed by atoms with Gasteiger partial charge < -0.3 is 4.90 Å². The van der Waals surface area contributed by atoms with Gasteiger partial charge >= 0.3 is 0 Å². The number of halogens is 5. The van der Waals surface area contributed by atoms with Crippen LogP contribution in [0.25, 0.3) is 16.6 Å². The highest BCUT2D eigenvalue weighted by Gasteiger charge is 2.30. The van der Waals surface area contributed by atoms with Gasteiger partial charge in [-0.3, -0.25) is 9.36 Å². The third-order valence-corrected chi connectivity index (χ3v) is 8.61. The molecule has 2 heterocycles. The largest absolute Gasteiger partial charge is 0.339 e. The number of allylic oxidation sites excluding steroid dienone is 2. The lowest BCUT2D eigenvalue weighted by Gasteiger charge is -2.32. The molecule has 0 radical (unpaired) electrons. The number of aryl methyl sites for hydroxylation is 1. The number of fused-ring (bicyclic) bond motifs is 1. The fourth-order valence-electron chi connectivity index (χ4n) is 6.24. The van der Waals surface area contributed by atoms with Crippen molar-refractivity contribution < 1.29 is 26.7 Å². The number of nitrogens with zero attached hydrogens (tertiary/aromatic N) is 3. The number of hydrogen-bond acceptors (Lipinski definition) is 2. The number of benzene rings is 3. The molecule has 3 aromatic carbocycles. The molecule has 0 N–H and O–H groups in total. The molecule has 1 aliphatic rings. The molecule has 4 aromatic rings. The van der Waals surface area contributed by atoms with Crippen molar-refractivity contribution in [2.24, 2.45) is 0 Å². The first kappa shape index (κ1) is 33.1. The lowest BCUT2D eigenvalue weighted by atomic mass is 9.90. The Morgan fingerprint density at radius 3 is 2.39 bits per heavy atom. The van der Waals surface area contributed by atoms with Crippen molar-refractivity contribution in [2.75, 3.05) is 13.1 Å². The molecule has 5 rings (SSSR count). The van der Waals surface area contributed by atoms with Crippen LogP contribution in [0, 0.1) is 6.92 Å². The summed E-state index contributed by atoms with van der Waals surface area (Å²) in [5, 5.41) is 0. The zero-order valence-electron chi connectivity index (χ0n) is 26.2. The molecule has 0 aliphatic carbocycles.